The average Bonchev–Trinajstić information content (AvgIpc) is 1.81. The molecule has 0 rings (SSSR count). The highest BCUT2D eigenvalue weighted by Crippen LogP contribution is 1.98. The minimum Gasteiger partial charge on any atom is -0.354 e. The minimum atomic E-state index is -3.89. The van der Waals surface area contributed by atoms with Crippen LogP contribution >= 0.6 is 0 Å². The van der Waals surface area contributed by atoms with Gasteiger partial charge in [-0.15, -0.1) is 0 Å². The van der Waals surface area contributed by atoms with Crippen LogP contribution in [0.4, 0.5) is 0 Å². The molecule has 0 saturated heterocycles. The molecule has 0 aliphatic carbocycles. The predicted octanol–water partition coefficient (Wildman–Crippen LogP) is -0.00681. The lowest BCUT2D eigenvalue weighted by Gasteiger charge is -2.10. The highest BCUT2D eigenvalue weighted by molar-refractivity contribution is 7.85. The summed E-state index contributed by atoms with van der Waals surface area (Å²) in [6, 6.07) is -0.306. The second-order valence-electron chi connectivity index (χ2n) is 2.83. The number of carbonyl (C=O) groups is 1. The molecule has 1 radical (unpaired) electrons. The van der Waals surface area contributed by atoms with Gasteiger partial charge in [-0.2, -0.15) is 8.42 Å². The Kier molecular flexibility index (Phi) is 4.94. The molecule has 5 nitrogen and oxygen atoms in total. The highest BCUT2D eigenvalue weighted by atomic mass is 32.2. The monoisotopic (exact) mass is 208 g/mol. The third-order valence-corrected chi connectivity index (χ3v) is 2.17. The van der Waals surface area contributed by atoms with Gasteiger partial charge in [0.05, 0.1) is 5.75 Å². The van der Waals surface area contributed by atoms with Crippen molar-refractivity contribution in [2.24, 2.45) is 0 Å². The average molecular weight is 208 g/mol. The van der Waals surface area contributed by atoms with E-state index in [0.29, 0.717) is 6.42 Å². The van der Waals surface area contributed by atoms with Gasteiger partial charge >= 0.3 is 0 Å². The minimum absolute atomic E-state index is 0.202. The third kappa shape index (κ3) is 9.29. The van der Waals surface area contributed by atoms with Gasteiger partial charge in [0.1, 0.15) is 0 Å². The Balaban J connectivity index is 3.60. The molecule has 1 amide bonds. The van der Waals surface area contributed by atoms with E-state index in [1.807, 2.05) is 0 Å². The fraction of sp³-hybridized carbons (Fsp3) is 0.714. The molecule has 0 aromatic carbocycles. The topological polar surface area (TPSA) is 83.5 Å². The van der Waals surface area contributed by atoms with Crippen LogP contribution in [0.1, 0.15) is 19.8 Å². The van der Waals surface area contributed by atoms with E-state index in [1.54, 1.807) is 0 Å². The largest absolute Gasteiger partial charge is 0.354 e. The van der Waals surface area contributed by atoms with Crippen molar-refractivity contribution < 1.29 is 17.8 Å². The Morgan fingerprint density at radius 2 is 2.15 bits per heavy atom. The summed E-state index contributed by atoms with van der Waals surface area (Å²) >= 11 is 0. The van der Waals surface area contributed by atoms with Crippen LogP contribution in [-0.4, -0.2) is 30.7 Å². The van der Waals surface area contributed by atoms with E-state index in [2.05, 4.69) is 12.2 Å². The number of nitrogens with one attached hydrogen (secondary N) is 1. The number of hydrogen-bond donors (Lipinski definition) is 2. The Morgan fingerprint density at radius 1 is 1.62 bits per heavy atom. The first kappa shape index (κ1) is 12.4. The summed E-state index contributed by atoms with van der Waals surface area (Å²) in [5.74, 6) is -0.495. The molecule has 0 bridgehead atoms. The normalized spacial score (nSPS) is 13.8. The van der Waals surface area contributed by atoms with Crippen LogP contribution < -0.4 is 5.32 Å². The zero-order valence-corrected chi connectivity index (χ0v) is 8.30. The van der Waals surface area contributed by atoms with Crippen LogP contribution in [0.3, 0.4) is 0 Å². The van der Waals surface area contributed by atoms with Crippen molar-refractivity contribution >= 4 is 16.0 Å². The van der Waals surface area contributed by atoms with E-state index in [1.165, 1.54) is 6.92 Å². The van der Waals surface area contributed by atoms with Gasteiger partial charge in [0.15, 0.2) is 0 Å². The van der Waals surface area contributed by atoms with Gasteiger partial charge in [-0.05, 0) is 19.8 Å². The first-order valence-electron chi connectivity index (χ1n) is 3.86. The maximum Gasteiger partial charge on any atom is 0.264 e. The molecule has 77 valence electrons. The van der Waals surface area contributed by atoms with Crippen molar-refractivity contribution in [3.8, 4) is 0 Å². The van der Waals surface area contributed by atoms with Crippen molar-refractivity contribution in [1.29, 1.82) is 0 Å². The summed E-state index contributed by atoms with van der Waals surface area (Å²) in [4.78, 5) is 10.5. The van der Waals surface area contributed by atoms with Crippen LogP contribution in [0, 0.1) is 6.92 Å². The van der Waals surface area contributed by atoms with Crippen molar-refractivity contribution in [2.45, 2.75) is 25.8 Å². The van der Waals surface area contributed by atoms with Crippen molar-refractivity contribution in [3.05, 3.63) is 6.92 Å². The first-order chi connectivity index (χ1) is 5.81. The second-order valence-corrected chi connectivity index (χ2v) is 4.40. The fourth-order valence-electron chi connectivity index (χ4n) is 0.872. The fourth-order valence-corrected chi connectivity index (χ4v) is 1.40. The van der Waals surface area contributed by atoms with Gasteiger partial charge in [-0.1, -0.05) is 0 Å². The lowest BCUT2D eigenvalue weighted by molar-refractivity contribution is -0.119. The Hall–Kier alpha value is -0.620. The maximum atomic E-state index is 10.5. The van der Waals surface area contributed by atoms with Crippen molar-refractivity contribution in [2.75, 3.05) is 5.75 Å². The van der Waals surface area contributed by atoms with E-state index in [9.17, 15) is 13.2 Å². The van der Waals surface area contributed by atoms with Gasteiger partial charge in [0.25, 0.3) is 10.1 Å². The maximum absolute atomic E-state index is 10.5. The summed E-state index contributed by atoms with van der Waals surface area (Å²) in [6.07, 6.45) is 0.715. The molecule has 13 heavy (non-hydrogen) atoms. The molecule has 0 aromatic heterocycles. The summed E-state index contributed by atoms with van der Waals surface area (Å²) in [5, 5.41) is 2.50. The molecule has 0 saturated carbocycles. The van der Waals surface area contributed by atoms with Crippen LogP contribution in [0.2, 0.25) is 0 Å². The van der Waals surface area contributed by atoms with Crippen molar-refractivity contribution in [1.82, 2.24) is 5.32 Å². The van der Waals surface area contributed by atoms with Crippen LogP contribution in [0.5, 0.6) is 0 Å². The second kappa shape index (κ2) is 5.18. The Labute approximate surface area is 78.3 Å². The summed E-state index contributed by atoms with van der Waals surface area (Å²) in [5.41, 5.74) is 0. The molecule has 2 N–H and O–H groups in total. The molecule has 0 aliphatic heterocycles. The molecular weight excluding hydrogens is 194 g/mol. The van der Waals surface area contributed by atoms with E-state index < -0.39 is 10.1 Å². The summed E-state index contributed by atoms with van der Waals surface area (Å²) in [6.45, 7) is 4.95. The van der Waals surface area contributed by atoms with Gasteiger partial charge in [-0.3, -0.25) is 9.35 Å². The van der Waals surface area contributed by atoms with E-state index in [0.717, 1.165) is 0 Å². The van der Waals surface area contributed by atoms with E-state index >= 15 is 0 Å². The molecule has 0 fully saturated rings. The highest BCUT2D eigenvalue weighted by Gasteiger charge is 2.07. The molecule has 0 aliphatic rings. The zero-order chi connectivity index (χ0) is 10.5. The molecule has 0 heterocycles. The molecule has 1 unspecified atom stereocenters. The predicted molar refractivity (Wildman–Crippen MR) is 48.6 cm³/mol. The van der Waals surface area contributed by atoms with Crippen molar-refractivity contribution in [3.63, 3.8) is 0 Å². The number of carbonyl (C=O) groups excluding carboxylic acids is 1. The standard InChI is InChI=1S/C7H14NO4S/c1-6(8-7(2)9)4-3-5-13(10,11)12/h6H,1,3-5H2,2H3,(H,8,9)(H,10,11,12). The van der Waals surface area contributed by atoms with E-state index in [-0.39, 0.29) is 24.1 Å². The summed E-state index contributed by atoms with van der Waals surface area (Å²) in [7, 11) is -3.89. The van der Waals surface area contributed by atoms with E-state index in [4.69, 9.17) is 4.55 Å². The van der Waals surface area contributed by atoms with Gasteiger partial charge < -0.3 is 5.32 Å². The number of rotatable bonds is 5. The van der Waals surface area contributed by atoms with Crippen LogP contribution in [0.25, 0.3) is 0 Å². The third-order valence-electron chi connectivity index (χ3n) is 1.36. The molecule has 6 heteroatoms. The first-order valence-corrected chi connectivity index (χ1v) is 5.47. The lowest BCUT2D eigenvalue weighted by atomic mass is 10.2. The van der Waals surface area contributed by atoms with Gasteiger partial charge in [-0.25, -0.2) is 0 Å². The summed E-state index contributed by atoms with van der Waals surface area (Å²) < 4.78 is 28.9. The molecular formula is C7H14NO4S. The quantitative estimate of drug-likeness (QED) is 0.622. The Morgan fingerprint density at radius 3 is 2.54 bits per heavy atom. The number of amides is 1. The molecule has 0 spiro atoms. The number of hydrogen-bond acceptors (Lipinski definition) is 3. The Bertz CT molecular complexity index is 260. The molecule has 1 atom stereocenters. The van der Waals surface area contributed by atoms with Gasteiger partial charge in [0.2, 0.25) is 5.91 Å². The smallest absolute Gasteiger partial charge is 0.264 e. The SMILES string of the molecule is [CH2]C(CCCS(=O)(=O)O)NC(C)=O. The lowest BCUT2D eigenvalue weighted by Crippen LogP contribution is -2.30. The van der Waals surface area contributed by atoms with Gasteiger partial charge in [0, 0.05) is 13.0 Å². The van der Waals surface area contributed by atoms with Crippen LogP contribution in [-0.2, 0) is 14.9 Å². The van der Waals surface area contributed by atoms with Crippen LogP contribution in [0.15, 0.2) is 0 Å². The molecule has 0 aromatic rings. The zero-order valence-electron chi connectivity index (χ0n) is 7.49.